The van der Waals surface area contributed by atoms with Gasteiger partial charge in [-0.05, 0) is 31.3 Å². The van der Waals surface area contributed by atoms with E-state index < -0.39 is 15.1 Å². The summed E-state index contributed by atoms with van der Waals surface area (Å²) < 4.78 is 23.2. The van der Waals surface area contributed by atoms with Crippen molar-refractivity contribution in [1.29, 1.82) is 0 Å². The standard InChI is InChI=1S/C11H19NO2S2/c1-4-7-12-11(9(2)16(3,13)14)10-6-5-8-15-10/h5-6,8-9,11-12H,4,7H2,1-3H3. The zero-order valence-electron chi connectivity index (χ0n) is 9.93. The van der Waals surface area contributed by atoms with Crippen LogP contribution in [0.4, 0.5) is 0 Å². The van der Waals surface area contributed by atoms with Crippen LogP contribution in [0.2, 0.25) is 0 Å². The molecule has 0 aliphatic carbocycles. The number of sulfone groups is 1. The molecule has 0 bridgehead atoms. The molecule has 0 spiro atoms. The summed E-state index contributed by atoms with van der Waals surface area (Å²) in [7, 11) is -3.01. The van der Waals surface area contributed by atoms with E-state index in [0.717, 1.165) is 17.8 Å². The Kier molecular flexibility index (Phi) is 4.95. The Labute approximate surface area is 102 Å². The first-order chi connectivity index (χ1) is 7.46. The predicted molar refractivity (Wildman–Crippen MR) is 69.7 cm³/mol. The van der Waals surface area contributed by atoms with Crippen LogP contribution in [-0.4, -0.2) is 26.5 Å². The van der Waals surface area contributed by atoms with Crippen molar-refractivity contribution >= 4 is 21.2 Å². The molecule has 0 fully saturated rings. The molecule has 1 N–H and O–H groups in total. The molecule has 1 aromatic rings. The molecule has 0 aromatic carbocycles. The summed E-state index contributed by atoms with van der Waals surface area (Å²) in [5.41, 5.74) is 0. The van der Waals surface area contributed by atoms with E-state index in [-0.39, 0.29) is 6.04 Å². The lowest BCUT2D eigenvalue weighted by Gasteiger charge is -2.22. The molecule has 3 nitrogen and oxygen atoms in total. The minimum atomic E-state index is -3.01. The number of rotatable bonds is 6. The van der Waals surface area contributed by atoms with Gasteiger partial charge in [-0.15, -0.1) is 11.3 Å². The highest BCUT2D eigenvalue weighted by atomic mass is 32.2. The van der Waals surface area contributed by atoms with E-state index in [9.17, 15) is 8.42 Å². The molecule has 92 valence electrons. The first kappa shape index (κ1) is 13.7. The third-order valence-corrected chi connectivity index (χ3v) is 5.19. The summed E-state index contributed by atoms with van der Waals surface area (Å²) in [5, 5.41) is 4.90. The van der Waals surface area contributed by atoms with Gasteiger partial charge in [-0.25, -0.2) is 8.42 Å². The van der Waals surface area contributed by atoms with E-state index in [1.807, 2.05) is 17.5 Å². The van der Waals surface area contributed by atoms with Crippen molar-refractivity contribution in [1.82, 2.24) is 5.32 Å². The Hall–Kier alpha value is -0.390. The van der Waals surface area contributed by atoms with Crippen LogP contribution in [0.3, 0.4) is 0 Å². The molecule has 0 aliphatic heterocycles. The van der Waals surface area contributed by atoms with Gasteiger partial charge in [0.1, 0.15) is 0 Å². The van der Waals surface area contributed by atoms with Crippen LogP contribution < -0.4 is 5.32 Å². The van der Waals surface area contributed by atoms with Crippen LogP contribution in [0.5, 0.6) is 0 Å². The topological polar surface area (TPSA) is 46.2 Å². The van der Waals surface area contributed by atoms with Crippen molar-refractivity contribution in [3.63, 3.8) is 0 Å². The summed E-state index contributed by atoms with van der Waals surface area (Å²) >= 11 is 1.60. The Morgan fingerprint density at radius 3 is 2.62 bits per heavy atom. The lowest BCUT2D eigenvalue weighted by molar-refractivity contribution is 0.506. The second-order valence-corrected chi connectivity index (χ2v) is 7.36. The third kappa shape index (κ3) is 3.57. The van der Waals surface area contributed by atoms with E-state index in [4.69, 9.17) is 0 Å². The maximum atomic E-state index is 11.6. The minimum absolute atomic E-state index is 0.0880. The number of hydrogen-bond acceptors (Lipinski definition) is 4. The summed E-state index contributed by atoms with van der Waals surface area (Å²) in [6.07, 6.45) is 2.30. The third-order valence-electron chi connectivity index (χ3n) is 2.61. The van der Waals surface area contributed by atoms with Crippen molar-refractivity contribution in [2.24, 2.45) is 0 Å². The van der Waals surface area contributed by atoms with Gasteiger partial charge in [-0.3, -0.25) is 0 Å². The van der Waals surface area contributed by atoms with Crippen molar-refractivity contribution in [2.45, 2.75) is 31.6 Å². The lowest BCUT2D eigenvalue weighted by atomic mass is 10.2. The highest BCUT2D eigenvalue weighted by Gasteiger charge is 2.27. The van der Waals surface area contributed by atoms with E-state index in [0.29, 0.717) is 0 Å². The molecule has 0 radical (unpaired) electrons. The van der Waals surface area contributed by atoms with Gasteiger partial charge >= 0.3 is 0 Å². The molecule has 1 rings (SSSR count). The highest BCUT2D eigenvalue weighted by molar-refractivity contribution is 7.91. The normalized spacial score (nSPS) is 15.9. The van der Waals surface area contributed by atoms with Crippen molar-refractivity contribution in [3.8, 4) is 0 Å². The Balaban J connectivity index is 2.88. The van der Waals surface area contributed by atoms with Gasteiger partial charge in [0.25, 0.3) is 0 Å². The Morgan fingerprint density at radius 1 is 1.50 bits per heavy atom. The molecule has 0 saturated carbocycles. The molecule has 2 atom stereocenters. The molecule has 5 heteroatoms. The quantitative estimate of drug-likeness (QED) is 0.854. The van der Waals surface area contributed by atoms with Crippen LogP contribution in [0, 0.1) is 0 Å². The number of nitrogens with one attached hydrogen (secondary N) is 1. The molecule has 2 unspecified atom stereocenters. The highest BCUT2D eigenvalue weighted by Crippen LogP contribution is 2.25. The van der Waals surface area contributed by atoms with E-state index >= 15 is 0 Å². The second kappa shape index (κ2) is 5.80. The fourth-order valence-corrected chi connectivity index (χ4v) is 3.24. The zero-order valence-corrected chi connectivity index (χ0v) is 11.6. The van der Waals surface area contributed by atoms with E-state index in [2.05, 4.69) is 12.2 Å². The van der Waals surface area contributed by atoms with Crippen molar-refractivity contribution in [3.05, 3.63) is 22.4 Å². The zero-order chi connectivity index (χ0) is 12.2. The molecular formula is C11H19NO2S2. The molecule has 1 aromatic heterocycles. The Morgan fingerprint density at radius 2 is 2.19 bits per heavy atom. The van der Waals surface area contributed by atoms with Gasteiger partial charge < -0.3 is 5.32 Å². The first-order valence-corrected chi connectivity index (χ1v) is 8.26. The van der Waals surface area contributed by atoms with E-state index in [1.54, 1.807) is 18.3 Å². The summed E-state index contributed by atoms with van der Waals surface area (Å²) in [6, 6.07) is 3.85. The van der Waals surface area contributed by atoms with Crippen LogP contribution in [0.1, 0.15) is 31.2 Å². The number of hydrogen-bond donors (Lipinski definition) is 1. The van der Waals surface area contributed by atoms with Gasteiger partial charge in [0, 0.05) is 11.1 Å². The predicted octanol–water partition coefficient (Wildman–Crippen LogP) is 2.22. The lowest BCUT2D eigenvalue weighted by Crippen LogP contribution is -2.34. The van der Waals surface area contributed by atoms with Crippen LogP contribution in [0.15, 0.2) is 17.5 Å². The van der Waals surface area contributed by atoms with Gasteiger partial charge in [-0.2, -0.15) is 0 Å². The largest absolute Gasteiger partial charge is 0.308 e. The summed E-state index contributed by atoms with van der Waals surface area (Å²) in [6.45, 7) is 4.68. The summed E-state index contributed by atoms with van der Waals surface area (Å²) in [4.78, 5) is 1.09. The van der Waals surface area contributed by atoms with Gasteiger partial charge in [-0.1, -0.05) is 13.0 Å². The Bertz CT molecular complexity index is 398. The summed E-state index contributed by atoms with van der Waals surface area (Å²) in [5.74, 6) is 0. The van der Waals surface area contributed by atoms with Gasteiger partial charge in [0.15, 0.2) is 9.84 Å². The molecule has 0 aliphatic rings. The fourth-order valence-electron chi connectivity index (χ4n) is 1.51. The second-order valence-electron chi connectivity index (χ2n) is 3.98. The minimum Gasteiger partial charge on any atom is -0.308 e. The van der Waals surface area contributed by atoms with Crippen molar-refractivity contribution < 1.29 is 8.42 Å². The van der Waals surface area contributed by atoms with Gasteiger partial charge in [0.05, 0.1) is 11.3 Å². The monoisotopic (exact) mass is 261 g/mol. The van der Waals surface area contributed by atoms with Gasteiger partial charge in [0.2, 0.25) is 0 Å². The van der Waals surface area contributed by atoms with Crippen LogP contribution in [0.25, 0.3) is 0 Å². The van der Waals surface area contributed by atoms with Crippen molar-refractivity contribution in [2.75, 3.05) is 12.8 Å². The van der Waals surface area contributed by atoms with E-state index in [1.165, 1.54) is 6.26 Å². The maximum absolute atomic E-state index is 11.6. The number of thiophene rings is 1. The maximum Gasteiger partial charge on any atom is 0.151 e. The molecule has 0 saturated heterocycles. The SMILES string of the molecule is CCCNC(c1cccs1)C(C)S(C)(=O)=O. The average molecular weight is 261 g/mol. The van der Waals surface area contributed by atoms with Crippen LogP contribution in [-0.2, 0) is 9.84 Å². The fraction of sp³-hybridized carbons (Fsp3) is 0.636. The first-order valence-electron chi connectivity index (χ1n) is 5.42. The average Bonchev–Trinajstić information content (AvgIpc) is 2.70. The molecule has 16 heavy (non-hydrogen) atoms. The molecule has 1 heterocycles. The molecule has 0 amide bonds. The smallest absolute Gasteiger partial charge is 0.151 e. The molecular weight excluding hydrogens is 242 g/mol. The van der Waals surface area contributed by atoms with Crippen LogP contribution >= 0.6 is 11.3 Å².